The summed E-state index contributed by atoms with van der Waals surface area (Å²) in [6, 6.07) is 7.17. The van der Waals surface area contributed by atoms with Gasteiger partial charge >= 0.3 is 0 Å². The van der Waals surface area contributed by atoms with Gasteiger partial charge < -0.3 is 20.5 Å². The summed E-state index contributed by atoms with van der Waals surface area (Å²) in [4.78, 5) is 4.43. The average molecular weight is 454 g/mol. The van der Waals surface area contributed by atoms with E-state index in [-0.39, 0.29) is 30.1 Å². The summed E-state index contributed by atoms with van der Waals surface area (Å²) >= 11 is 5.85. The molecule has 2 atom stereocenters. The molecule has 1 aliphatic rings. The minimum atomic E-state index is -0.643. The van der Waals surface area contributed by atoms with E-state index in [9.17, 15) is 5.11 Å². The highest BCUT2D eigenvalue weighted by Crippen LogP contribution is 2.16. The molecule has 23 heavy (non-hydrogen) atoms. The second kappa shape index (κ2) is 11.1. The molecular weight excluding hydrogens is 429 g/mol. The highest BCUT2D eigenvalue weighted by atomic mass is 127. The monoisotopic (exact) mass is 453 g/mol. The van der Waals surface area contributed by atoms with Crippen molar-refractivity contribution in [2.45, 2.75) is 32.0 Å². The smallest absolute Gasteiger partial charge is 0.191 e. The zero-order chi connectivity index (χ0) is 15.8. The fourth-order valence-electron chi connectivity index (χ4n) is 2.33. The summed E-state index contributed by atoms with van der Waals surface area (Å²) in [6.45, 7) is 4.66. The maximum absolute atomic E-state index is 10.2. The third-order valence-corrected chi connectivity index (χ3v) is 3.79. The molecule has 1 saturated heterocycles. The van der Waals surface area contributed by atoms with Gasteiger partial charge in [-0.2, -0.15) is 0 Å². The lowest BCUT2D eigenvalue weighted by molar-refractivity contribution is 0.113. The molecule has 3 N–H and O–H groups in total. The normalized spacial score (nSPS) is 19.1. The number of aliphatic imine (C=N–C) groups is 1. The minimum Gasteiger partial charge on any atom is -0.386 e. The Balaban J connectivity index is 0.00000264. The van der Waals surface area contributed by atoms with E-state index in [4.69, 9.17) is 16.3 Å². The summed E-state index contributed by atoms with van der Waals surface area (Å²) < 4.78 is 5.58. The van der Waals surface area contributed by atoms with Crippen molar-refractivity contribution in [3.8, 4) is 0 Å². The fourth-order valence-corrected chi connectivity index (χ4v) is 2.45. The van der Waals surface area contributed by atoms with Gasteiger partial charge in [0.25, 0.3) is 0 Å². The van der Waals surface area contributed by atoms with Crippen LogP contribution in [-0.2, 0) is 4.74 Å². The van der Waals surface area contributed by atoms with E-state index in [0.29, 0.717) is 17.5 Å². The number of rotatable bonds is 6. The second-order valence-electron chi connectivity index (χ2n) is 5.30. The van der Waals surface area contributed by atoms with Crippen molar-refractivity contribution in [1.29, 1.82) is 0 Å². The van der Waals surface area contributed by atoms with Crippen molar-refractivity contribution in [2.24, 2.45) is 4.99 Å². The molecule has 1 aromatic rings. The van der Waals surface area contributed by atoms with Crippen LogP contribution in [0.4, 0.5) is 0 Å². The van der Waals surface area contributed by atoms with Gasteiger partial charge in [-0.3, -0.25) is 4.99 Å². The molecule has 1 aliphatic heterocycles. The number of nitrogens with zero attached hydrogens (tertiary/aromatic N) is 1. The lowest BCUT2D eigenvalue weighted by atomic mass is 10.1. The molecular formula is C16H25ClIN3O2. The van der Waals surface area contributed by atoms with Crippen LogP contribution in [0, 0.1) is 0 Å². The van der Waals surface area contributed by atoms with Crippen LogP contribution in [0.2, 0.25) is 5.02 Å². The van der Waals surface area contributed by atoms with E-state index < -0.39 is 6.10 Å². The molecule has 0 radical (unpaired) electrons. The Morgan fingerprint density at radius 1 is 1.39 bits per heavy atom. The Kier molecular flexibility index (Phi) is 9.85. The molecule has 7 heteroatoms. The Labute approximate surface area is 159 Å². The summed E-state index contributed by atoms with van der Waals surface area (Å²) in [5.74, 6) is 0.700. The van der Waals surface area contributed by atoms with Crippen LogP contribution in [0.25, 0.3) is 0 Å². The molecule has 2 rings (SSSR count). The third-order valence-electron chi connectivity index (χ3n) is 3.54. The lowest BCUT2D eigenvalue weighted by Crippen LogP contribution is -2.41. The zero-order valence-corrected chi connectivity index (χ0v) is 16.4. The Hall–Kier alpha value is -0.570. The molecule has 1 aromatic carbocycles. The quantitative estimate of drug-likeness (QED) is 0.352. The van der Waals surface area contributed by atoms with Crippen molar-refractivity contribution in [1.82, 2.24) is 10.6 Å². The number of benzene rings is 1. The zero-order valence-electron chi connectivity index (χ0n) is 13.3. The first kappa shape index (κ1) is 20.5. The highest BCUT2D eigenvalue weighted by Gasteiger charge is 2.15. The number of nitrogens with one attached hydrogen (secondary N) is 2. The number of halogens is 2. The van der Waals surface area contributed by atoms with Crippen molar-refractivity contribution >= 4 is 41.5 Å². The highest BCUT2D eigenvalue weighted by molar-refractivity contribution is 14.0. The van der Waals surface area contributed by atoms with Gasteiger partial charge in [0.05, 0.1) is 18.8 Å². The first-order valence-electron chi connectivity index (χ1n) is 7.76. The predicted octanol–water partition coefficient (Wildman–Crippen LogP) is 2.73. The largest absolute Gasteiger partial charge is 0.386 e. The fraction of sp³-hybridized carbons (Fsp3) is 0.562. The first-order valence-corrected chi connectivity index (χ1v) is 8.14. The molecule has 0 saturated carbocycles. The van der Waals surface area contributed by atoms with E-state index in [1.165, 1.54) is 0 Å². The number of hydrogen-bond acceptors (Lipinski definition) is 3. The van der Waals surface area contributed by atoms with Crippen LogP contribution < -0.4 is 10.6 Å². The summed E-state index contributed by atoms with van der Waals surface area (Å²) in [5.41, 5.74) is 0.808. The van der Waals surface area contributed by atoms with E-state index >= 15 is 0 Å². The van der Waals surface area contributed by atoms with Crippen LogP contribution in [0.5, 0.6) is 0 Å². The maximum atomic E-state index is 10.2. The van der Waals surface area contributed by atoms with Gasteiger partial charge in [0.1, 0.15) is 0 Å². The molecule has 0 aliphatic carbocycles. The van der Waals surface area contributed by atoms with Crippen molar-refractivity contribution in [3.05, 3.63) is 34.9 Å². The van der Waals surface area contributed by atoms with E-state index in [0.717, 1.165) is 38.1 Å². The molecule has 2 unspecified atom stereocenters. The number of hydrogen-bond donors (Lipinski definition) is 3. The molecule has 0 bridgehead atoms. The Morgan fingerprint density at radius 3 is 2.74 bits per heavy atom. The maximum Gasteiger partial charge on any atom is 0.191 e. The van der Waals surface area contributed by atoms with Crippen LogP contribution >= 0.6 is 35.6 Å². The average Bonchev–Trinajstić information content (AvgIpc) is 3.04. The van der Waals surface area contributed by atoms with Gasteiger partial charge in [0.15, 0.2) is 5.96 Å². The Bertz CT molecular complexity index is 479. The summed E-state index contributed by atoms with van der Waals surface area (Å²) in [7, 11) is 0. The summed E-state index contributed by atoms with van der Waals surface area (Å²) in [5, 5.41) is 17.3. The van der Waals surface area contributed by atoms with Gasteiger partial charge in [-0.05, 0) is 37.5 Å². The molecule has 0 amide bonds. The number of ether oxygens (including phenoxy) is 1. The van der Waals surface area contributed by atoms with Crippen LogP contribution in [0.1, 0.15) is 31.4 Å². The first-order chi connectivity index (χ1) is 10.7. The van der Waals surface area contributed by atoms with E-state index in [1.807, 2.05) is 19.1 Å². The van der Waals surface area contributed by atoms with Crippen molar-refractivity contribution in [2.75, 3.05) is 26.2 Å². The van der Waals surface area contributed by atoms with E-state index in [2.05, 4.69) is 15.6 Å². The van der Waals surface area contributed by atoms with Crippen molar-refractivity contribution < 1.29 is 9.84 Å². The number of aliphatic hydroxyl groups is 1. The number of aliphatic hydroxyl groups excluding tert-OH is 1. The molecule has 1 fully saturated rings. The molecule has 5 nitrogen and oxygen atoms in total. The minimum absolute atomic E-state index is 0. The van der Waals surface area contributed by atoms with Gasteiger partial charge in [-0.25, -0.2) is 0 Å². The molecule has 1 heterocycles. The van der Waals surface area contributed by atoms with Gasteiger partial charge in [-0.1, -0.05) is 23.7 Å². The Morgan fingerprint density at radius 2 is 2.13 bits per heavy atom. The van der Waals surface area contributed by atoms with Gasteiger partial charge in [-0.15, -0.1) is 24.0 Å². The van der Waals surface area contributed by atoms with Crippen molar-refractivity contribution in [3.63, 3.8) is 0 Å². The summed E-state index contributed by atoms with van der Waals surface area (Å²) in [6.07, 6.45) is 1.82. The van der Waals surface area contributed by atoms with Crippen LogP contribution in [-0.4, -0.2) is 43.4 Å². The number of guanidine groups is 1. The second-order valence-corrected chi connectivity index (χ2v) is 5.74. The van der Waals surface area contributed by atoms with Gasteiger partial charge in [0.2, 0.25) is 0 Å². The molecule has 130 valence electrons. The molecule has 0 aromatic heterocycles. The van der Waals surface area contributed by atoms with Crippen LogP contribution in [0.3, 0.4) is 0 Å². The van der Waals surface area contributed by atoms with E-state index in [1.54, 1.807) is 12.1 Å². The van der Waals surface area contributed by atoms with Crippen LogP contribution in [0.15, 0.2) is 29.3 Å². The third kappa shape index (κ3) is 7.24. The topological polar surface area (TPSA) is 65.9 Å². The molecule has 0 spiro atoms. The predicted molar refractivity (Wildman–Crippen MR) is 105 cm³/mol. The SMILES string of the molecule is CCNC(=NCC(O)c1ccc(Cl)cc1)NCC1CCCO1.I. The van der Waals surface area contributed by atoms with Gasteiger partial charge in [0, 0.05) is 24.7 Å². The standard InChI is InChI=1S/C16H24ClN3O2.HI/c1-2-18-16(19-10-14-4-3-9-22-14)20-11-15(21)12-5-7-13(17)8-6-12;/h5-8,14-15,21H,2-4,9-11H2,1H3,(H2,18,19,20);1H. The lowest BCUT2D eigenvalue weighted by Gasteiger charge is -2.16.